The van der Waals surface area contributed by atoms with E-state index in [1.807, 2.05) is 5.32 Å². The Hall–Kier alpha value is -1.63. The van der Waals surface area contributed by atoms with Gasteiger partial charge in [-0.25, -0.2) is 4.39 Å². The second kappa shape index (κ2) is 5.13. The molecule has 1 aromatic rings. The highest BCUT2D eigenvalue weighted by molar-refractivity contribution is 5.91. The zero-order valence-electron chi connectivity index (χ0n) is 8.64. The van der Waals surface area contributed by atoms with Gasteiger partial charge in [0, 0.05) is 6.54 Å². The van der Waals surface area contributed by atoms with Crippen molar-refractivity contribution in [2.45, 2.75) is 19.1 Å². The molecule has 3 N–H and O–H groups in total. The van der Waals surface area contributed by atoms with Crippen LogP contribution in [-0.4, -0.2) is 12.1 Å². The molecule has 0 aromatic heterocycles. The number of halogens is 4. The molecule has 0 fully saturated rings. The number of rotatable bonds is 3. The highest BCUT2D eigenvalue weighted by Gasteiger charge is 2.31. The lowest BCUT2D eigenvalue weighted by Crippen LogP contribution is -2.21. The smallest absolute Gasteiger partial charge is 0.326 e. The number of hydrogen-bond acceptors (Lipinski definition) is 2. The van der Waals surface area contributed by atoms with Crippen LogP contribution in [0.4, 0.5) is 23.2 Å². The fourth-order valence-electron chi connectivity index (χ4n) is 1.16. The molecule has 0 aliphatic carbocycles. The van der Waals surface area contributed by atoms with E-state index in [0.29, 0.717) is 5.56 Å². The molecule has 0 bridgehead atoms. The van der Waals surface area contributed by atoms with Crippen LogP contribution in [-0.2, 0) is 11.3 Å². The Bertz CT molecular complexity index is 417. The van der Waals surface area contributed by atoms with E-state index in [1.54, 1.807) is 0 Å². The average molecular weight is 250 g/mol. The molecule has 7 heteroatoms. The fourth-order valence-corrected chi connectivity index (χ4v) is 1.16. The topological polar surface area (TPSA) is 55.1 Å². The summed E-state index contributed by atoms with van der Waals surface area (Å²) in [6.07, 6.45) is -6.26. The van der Waals surface area contributed by atoms with Crippen LogP contribution in [0.3, 0.4) is 0 Å². The molecule has 1 rings (SSSR count). The van der Waals surface area contributed by atoms with Gasteiger partial charge in [-0.3, -0.25) is 4.79 Å². The minimum atomic E-state index is -4.61. The largest absolute Gasteiger partial charge is 0.397 e. The van der Waals surface area contributed by atoms with Gasteiger partial charge in [-0.1, -0.05) is 6.07 Å². The van der Waals surface area contributed by atoms with Crippen LogP contribution >= 0.6 is 0 Å². The van der Waals surface area contributed by atoms with E-state index in [4.69, 9.17) is 5.73 Å². The van der Waals surface area contributed by atoms with Crippen molar-refractivity contribution in [3.8, 4) is 0 Å². The standard InChI is InChI=1S/C10H10F4N2O/c11-7-3-6(5-15)1-2-8(7)16-9(17)4-10(12,13)14/h1-3H,4-5,15H2,(H,16,17). The minimum Gasteiger partial charge on any atom is -0.326 e. The number of carbonyl (C=O) groups is 1. The number of anilines is 1. The van der Waals surface area contributed by atoms with Crippen molar-refractivity contribution in [3.05, 3.63) is 29.6 Å². The third-order valence-electron chi connectivity index (χ3n) is 1.90. The van der Waals surface area contributed by atoms with Gasteiger partial charge >= 0.3 is 6.18 Å². The highest BCUT2D eigenvalue weighted by Crippen LogP contribution is 2.21. The summed E-state index contributed by atoms with van der Waals surface area (Å²) in [6.45, 7) is 0.105. The van der Waals surface area contributed by atoms with E-state index in [1.165, 1.54) is 12.1 Å². The van der Waals surface area contributed by atoms with Crippen LogP contribution in [0, 0.1) is 5.82 Å². The average Bonchev–Trinajstić information content (AvgIpc) is 2.18. The molecule has 0 aliphatic rings. The normalized spacial score (nSPS) is 11.4. The third kappa shape index (κ3) is 4.39. The number of nitrogens with two attached hydrogens (primary N) is 1. The van der Waals surface area contributed by atoms with E-state index < -0.39 is 24.3 Å². The Morgan fingerprint density at radius 1 is 1.35 bits per heavy atom. The predicted octanol–water partition coefficient (Wildman–Crippen LogP) is 2.18. The molecule has 0 spiro atoms. The molecule has 0 unspecified atom stereocenters. The van der Waals surface area contributed by atoms with Crippen LogP contribution in [0.25, 0.3) is 0 Å². The Morgan fingerprint density at radius 2 is 2.00 bits per heavy atom. The SMILES string of the molecule is NCc1ccc(NC(=O)CC(F)(F)F)c(F)c1. The maximum absolute atomic E-state index is 13.3. The van der Waals surface area contributed by atoms with Crippen molar-refractivity contribution in [1.29, 1.82) is 0 Å². The number of nitrogens with one attached hydrogen (secondary N) is 1. The van der Waals surface area contributed by atoms with Crippen molar-refractivity contribution in [3.63, 3.8) is 0 Å². The first-order chi connectivity index (χ1) is 7.81. The molecule has 0 saturated heterocycles. The fraction of sp³-hybridized carbons (Fsp3) is 0.300. The first-order valence-corrected chi connectivity index (χ1v) is 4.67. The molecule has 3 nitrogen and oxygen atoms in total. The van der Waals surface area contributed by atoms with Crippen LogP contribution in [0.2, 0.25) is 0 Å². The van der Waals surface area contributed by atoms with Crippen molar-refractivity contribution in [2.75, 3.05) is 5.32 Å². The molecule has 0 radical (unpaired) electrons. The first kappa shape index (κ1) is 13.4. The van der Waals surface area contributed by atoms with Gasteiger partial charge in [0.15, 0.2) is 0 Å². The van der Waals surface area contributed by atoms with E-state index in [2.05, 4.69) is 0 Å². The van der Waals surface area contributed by atoms with Crippen LogP contribution < -0.4 is 11.1 Å². The predicted molar refractivity (Wildman–Crippen MR) is 53.6 cm³/mol. The summed E-state index contributed by atoms with van der Waals surface area (Å²) in [5.74, 6) is -2.12. The van der Waals surface area contributed by atoms with E-state index >= 15 is 0 Å². The van der Waals surface area contributed by atoms with Gasteiger partial charge < -0.3 is 11.1 Å². The number of alkyl halides is 3. The summed E-state index contributed by atoms with van der Waals surface area (Å²) < 4.78 is 48.8. The molecule has 1 amide bonds. The third-order valence-corrected chi connectivity index (χ3v) is 1.90. The van der Waals surface area contributed by atoms with Gasteiger partial charge in [0.2, 0.25) is 5.91 Å². The number of benzene rings is 1. The maximum Gasteiger partial charge on any atom is 0.397 e. The molecular weight excluding hydrogens is 240 g/mol. The second-order valence-corrected chi connectivity index (χ2v) is 3.36. The van der Waals surface area contributed by atoms with Gasteiger partial charge in [-0.05, 0) is 17.7 Å². The molecule has 0 atom stereocenters. The van der Waals surface area contributed by atoms with Gasteiger partial charge in [0.1, 0.15) is 12.2 Å². The summed E-state index contributed by atoms with van der Waals surface area (Å²) in [5.41, 5.74) is 5.44. The molecule has 0 aliphatic heterocycles. The molecule has 17 heavy (non-hydrogen) atoms. The van der Waals surface area contributed by atoms with Crippen molar-refractivity contribution < 1.29 is 22.4 Å². The van der Waals surface area contributed by atoms with Crippen molar-refractivity contribution >= 4 is 11.6 Å². The van der Waals surface area contributed by atoms with E-state index in [9.17, 15) is 22.4 Å². The highest BCUT2D eigenvalue weighted by atomic mass is 19.4. The maximum atomic E-state index is 13.3. The number of amides is 1. The monoisotopic (exact) mass is 250 g/mol. The van der Waals surface area contributed by atoms with Crippen molar-refractivity contribution in [2.24, 2.45) is 5.73 Å². The molecule has 0 saturated carbocycles. The number of carbonyl (C=O) groups excluding carboxylic acids is 1. The van der Waals surface area contributed by atoms with Crippen LogP contribution in [0.5, 0.6) is 0 Å². The van der Waals surface area contributed by atoms with E-state index in [0.717, 1.165) is 6.07 Å². The Balaban J connectivity index is 2.72. The molecule has 94 valence electrons. The summed E-state index contributed by atoms with van der Waals surface area (Å²) in [6, 6.07) is 3.65. The van der Waals surface area contributed by atoms with Gasteiger partial charge in [-0.2, -0.15) is 13.2 Å². The lowest BCUT2D eigenvalue weighted by molar-refractivity contribution is -0.150. The Labute approximate surface area is 94.6 Å². The summed E-state index contributed by atoms with van der Waals surface area (Å²) in [4.78, 5) is 10.9. The van der Waals surface area contributed by atoms with Crippen LogP contribution in [0.15, 0.2) is 18.2 Å². The second-order valence-electron chi connectivity index (χ2n) is 3.36. The first-order valence-electron chi connectivity index (χ1n) is 4.67. The quantitative estimate of drug-likeness (QED) is 0.808. The Kier molecular flexibility index (Phi) is 4.06. The summed E-state index contributed by atoms with van der Waals surface area (Å²) in [7, 11) is 0. The minimum absolute atomic E-state index is 0.105. The lowest BCUT2D eigenvalue weighted by atomic mass is 10.2. The van der Waals surface area contributed by atoms with E-state index in [-0.39, 0.29) is 12.2 Å². The van der Waals surface area contributed by atoms with Gasteiger partial charge in [0.25, 0.3) is 0 Å². The van der Waals surface area contributed by atoms with Crippen LogP contribution in [0.1, 0.15) is 12.0 Å². The van der Waals surface area contributed by atoms with Crippen molar-refractivity contribution in [1.82, 2.24) is 0 Å². The number of hydrogen-bond donors (Lipinski definition) is 2. The zero-order valence-corrected chi connectivity index (χ0v) is 8.64. The molecule has 1 aromatic carbocycles. The molecule has 0 heterocycles. The van der Waals surface area contributed by atoms with Gasteiger partial charge in [0.05, 0.1) is 5.69 Å². The summed E-state index contributed by atoms with van der Waals surface area (Å²) in [5, 5.41) is 1.84. The lowest BCUT2D eigenvalue weighted by Gasteiger charge is -2.09. The summed E-state index contributed by atoms with van der Waals surface area (Å²) >= 11 is 0. The van der Waals surface area contributed by atoms with Gasteiger partial charge in [-0.15, -0.1) is 0 Å². The Morgan fingerprint density at radius 3 is 2.47 bits per heavy atom. The molecular formula is C10H10F4N2O. The zero-order chi connectivity index (χ0) is 13.1.